The number of carbonyl (C=O) groups excluding carboxylic acids is 1. The fraction of sp³-hybridized carbons (Fsp3) is 0.409. The first kappa shape index (κ1) is 16.5. The molecule has 25 heavy (non-hydrogen) atoms. The van der Waals surface area contributed by atoms with Gasteiger partial charge in [0, 0.05) is 36.9 Å². The Labute approximate surface area is 149 Å². The highest BCUT2D eigenvalue weighted by Crippen LogP contribution is 2.43. The van der Waals surface area contributed by atoms with E-state index in [0.29, 0.717) is 25.4 Å². The average molecular weight is 335 g/mol. The molecule has 2 saturated heterocycles. The molecule has 130 valence electrons. The lowest BCUT2D eigenvalue weighted by Gasteiger charge is -2.31. The topological polar surface area (TPSA) is 29.5 Å². The third kappa shape index (κ3) is 3.14. The molecule has 2 aliphatic rings. The summed E-state index contributed by atoms with van der Waals surface area (Å²) in [6.45, 7) is 4.36. The van der Waals surface area contributed by atoms with Gasteiger partial charge in [0.2, 0.25) is 0 Å². The van der Waals surface area contributed by atoms with Crippen LogP contribution in [0.15, 0.2) is 60.7 Å². The van der Waals surface area contributed by atoms with Crippen LogP contribution in [0.25, 0.3) is 0 Å². The number of Topliss-reactive ketones (excluding diaryl/α,β-unsaturated/α-hetero) is 1. The van der Waals surface area contributed by atoms with E-state index in [1.807, 2.05) is 12.1 Å². The molecule has 2 aromatic carbocycles. The molecule has 0 aliphatic carbocycles. The minimum absolute atomic E-state index is 0.0380. The maximum Gasteiger partial charge on any atom is 0.140 e. The van der Waals surface area contributed by atoms with Crippen molar-refractivity contribution in [1.82, 2.24) is 4.90 Å². The van der Waals surface area contributed by atoms with Crippen molar-refractivity contribution in [3.05, 3.63) is 71.8 Å². The number of likely N-dealkylation sites (tertiary alicyclic amines) is 1. The van der Waals surface area contributed by atoms with Gasteiger partial charge in [0.15, 0.2) is 0 Å². The number of carbonyl (C=O) groups is 1. The predicted molar refractivity (Wildman–Crippen MR) is 98.5 cm³/mol. The molecule has 2 aromatic rings. The monoisotopic (exact) mass is 335 g/mol. The van der Waals surface area contributed by atoms with E-state index in [1.165, 1.54) is 11.1 Å². The Hall–Kier alpha value is -1.97. The lowest BCUT2D eigenvalue weighted by Crippen LogP contribution is -2.39. The second kappa shape index (κ2) is 7.11. The molecular weight excluding hydrogens is 310 g/mol. The first-order valence-electron chi connectivity index (χ1n) is 9.22. The number of ketones is 1. The molecule has 0 amide bonds. The van der Waals surface area contributed by atoms with E-state index in [1.54, 1.807) is 0 Å². The number of ether oxygens (including phenoxy) is 1. The second-order valence-electron chi connectivity index (χ2n) is 7.18. The Balaban J connectivity index is 1.69. The molecule has 0 aromatic heterocycles. The summed E-state index contributed by atoms with van der Waals surface area (Å²) in [4.78, 5) is 15.4. The summed E-state index contributed by atoms with van der Waals surface area (Å²) in [5.74, 6) is 0.654. The van der Waals surface area contributed by atoms with Crippen LogP contribution in [0.5, 0.6) is 0 Å². The largest absolute Gasteiger partial charge is 0.379 e. The Bertz CT molecular complexity index is 715. The molecule has 4 rings (SSSR count). The van der Waals surface area contributed by atoms with Crippen LogP contribution in [0.2, 0.25) is 0 Å². The lowest BCUT2D eigenvalue weighted by atomic mass is 9.82. The fourth-order valence-electron chi connectivity index (χ4n) is 4.51. The van der Waals surface area contributed by atoms with Crippen LogP contribution >= 0.6 is 0 Å². The Morgan fingerprint density at radius 3 is 2.44 bits per heavy atom. The summed E-state index contributed by atoms with van der Waals surface area (Å²) in [5, 5.41) is 0. The summed E-state index contributed by atoms with van der Waals surface area (Å²) >= 11 is 0. The zero-order valence-corrected chi connectivity index (χ0v) is 14.7. The van der Waals surface area contributed by atoms with Gasteiger partial charge in [-0.2, -0.15) is 0 Å². The minimum Gasteiger partial charge on any atom is -0.379 e. The number of rotatable bonds is 3. The van der Waals surface area contributed by atoms with Gasteiger partial charge in [0.25, 0.3) is 0 Å². The van der Waals surface area contributed by atoms with Crippen molar-refractivity contribution in [3.63, 3.8) is 0 Å². The smallest absolute Gasteiger partial charge is 0.140 e. The number of benzene rings is 2. The van der Waals surface area contributed by atoms with Crippen molar-refractivity contribution in [2.24, 2.45) is 5.92 Å². The first-order chi connectivity index (χ1) is 12.3. The molecule has 0 radical (unpaired) electrons. The molecule has 0 N–H and O–H groups in total. The molecule has 0 spiro atoms. The van der Waals surface area contributed by atoms with Crippen molar-refractivity contribution >= 4 is 5.78 Å². The van der Waals surface area contributed by atoms with Gasteiger partial charge >= 0.3 is 0 Å². The summed E-state index contributed by atoms with van der Waals surface area (Å²) < 4.78 is 5.82. The quantitative estimate of drug-likeness (QED) is 0.854. The van der Waals surface area contributed by atoms with Gasteiger partial charge in [-0.1, -0.05) is 60.7 Å². The van der Waals surface area contributed by atoms with E-state index >= 15 is 0 Å². The highest BCUT2D eigenvalue weighted by Gasteiger charge is 2.48. The fourth-order valence-corrected chi connectivity index (χ4v) is 4.51. The highest BCUT2D eigenvalue weighted by atomic mass is 16.5. The van der Waals surface area contributed by atoms with Crippen LogP contribution in [0.3, 0.4) is 0 Å². The van der Waals surface area contributed by atoms with E-state index in [-0.39, 0.29) is 23.9 Å². The molecule has 3 nitrogen and oxygen atoms in total. The van der Waals surface area contributed by atoms with Crippen molar-refractivity contribution < 1.29 is 9.53 Å². The molecule has 4 atom stereocenters. The Kier molecular flexibility index (Phi) is 4.69. The molecule has 2 aliphatic heterocycles. The minimum atomic E-state index is 0.0380. The van der Waals surface area contributed by atoms with Gasteiger partial charge in [-0.15, -0.1) is 0 Å². The maximum atomic E-state index is 12.9. The summed E-state index contributed by atoms with van der Waals surface area (Å²) in [7, 11) is 0. The zero-order chi connectivity index (χ0) is 17.2. The van der Waals surface area contributed by atoms with Crippen molar-refractivity contribution in [1.29, 1.82) is 0 Å². The third-order valence-corrected chi connectivity index (χ3v) is 5.84. The van der Waals surface area contributed by atoms with Gasteiger partial charge in [0.05, 0.1) is 13.2 Å². The van der Waals surface area contributed by atoms with Gasteiger partial charge in [-0.25, -0.2) is 0 Å². The lowest BCUT2D eigenvalue weighted by molar-refractivity contribution is -0.123. The van der Waals surface area contributed by atoms with Crippen LogP contribution in [-0.4, -0.2) is 36.5 Å². The van der Waals surface area contributed by atoms with Crippen LogP contribution in [-0.2, 0) is 9.53 Å². The molecule has 0 unspecified atom stereocenters. The zero-order valence-electron chi connectivity index (χ0n) is 14.7. The van der Waals surface area contributed by atoms with Gasteiger partial charge < -0.3 is 4.74 Å². The normalized spacial score (nSPS) is 28.4. The average Bonchev–Trinajstić information content (AvgIpc) is 2.95. The Morgan fingerprint density at radius 2 is 1.72 bits per heavy atom. The van der Waals surface area contributed by atoms with E-state index in [9.17, 15) is 4.79 Å². The summed E-state index contributed by atoms with van der Waals surface area (Å²) in [6, 6.07) is 21.5. The van der Waals surface area contributed by atoms with Crippen molar-refractivity contribution in [2.75, 3.05) is 19.8 Å². The van der Waals surface area contributed by atoms with E-state index in [4.69, 9.17) is 4.74 Å². The standard InChI is InChI=1S/C22H25NO2/c1-16(17-8-4-2-5-9-17)23-14-19(18-10-6-3-7-11-18)22-20(23)15-25-13-12-21(22)24/h2-11,16,19-20,22H,12-15H2,1H3/t16-,19+,20+,22+/m1/s1. The highest BCUT2D eigenvalue weighted by molar-refractivity contribution is 5.83. The second-order valence-corrected chi connectivity index (χ2v) is 7.18. The van der Waals surface area contributed by atoms with Gasteiger partial charge in [-0.3, -0.25) is 9.69 Å². The number of fused-ring (bicyclic) bond motifs is 1. The van der Waals surface area contributed by atoms with Crippen molar-refractivity contribution in [3.8, 4) is 0 Å². The van der Waals surface area contributed by atoms with Crippen LogP contribution in [0, 0.1) is 5.92 Å². The van der Waals surface area contributed by atoms with E-state index in [0.717, 1.165) is 6.54 Å². The maximum absolute atomic E-state index is 12.9. The molecule has 2 fully saturated rings. The predicted octanol–water partition coefficient (Wildman–Crippen LogP) is 3.82. The molecule has 2 heterocycles. The third-order valence-electron chi connectivity index (χ3n) is 5.84. The van der Waals surface area contributed by atoms with E-state index < -0.39 is 0 Å². The first-order valence-corrected chi connectivity index (χ1v) is 9.22. The summed E-state index contributed by atoms with van der Waals surface area (Å²) in [5.41, 5.74) is 2.57. The molecular formula is C22H25NO2. The van der Waals surface area contributed by atoms with Gasteiger partial charge in [-0.05, 0) is 18.1 Å². The van der Waals surface area contributed by atoms with Crippen molar-refractivity contribution in [2.45, 2.75) is 31.3 Å². The molecule has 0 saturated carbocycles. The summed E-state index contributed by atoms with van der Waals surface area (Å²) in [6.07, 6.45) is 0.540. The van der Waals surface area contributed by atoms with Crippen LogP contribution in [0.1, 0.15) is 36.4 Å². The van der Waals surface area contributed by atoms with Gasteiger partial charge in [0.1, 0.15) is 5.78 Å². The van der Waals surface area contributed by atoms with Crippen LogP contribution < -0.4 is 0 Å². The molecule has 3 heteroatoms. The Morgan fingerprint density at radius 1 is 1.04 bits per heavy atom. The SMILES string of the molecule is C[C@H](c1ccccc1)N1C[C@@H](c2ccccc2)[C@@H]2C(=O)CCOC[C@@H]21. The molecule has 0 bridgehead atoms. The van der Waals surface area contributed by atoms with E-state index in [2.05, 4.69) is 60.4 Å². The number of nitrogens with zero attached hydrogens (tertiary/aromatic N) is 1. The number of hydrogen-bond acceptors (Lipinski definition) is 3. The number of hydrogen-bond donors (Lipinski definition) is 0. The van der Waals surface area contributed by atoms with Crippen LogP contribution in [0.4, 0.5) is 0 Å².